The minimum atomic E-state index is -0.891. The summed E-state index contributed by atoms with van der Waals surface area (Å²) < 4.78 is 0. The van der Waals surface area contributed by atoms with Gasteiger partial charge in [-0.3, -0.25) is 9.59 Å². The van der Waals surface area contributed by atoms with Gasteiger partial charge in [-0.1, -0.05) is 13.3 Å². The molecule has 0 heterocycles. The van der Waals surface area contributed by atoms with E-state index < -0.39 is 17.8 Å². The van der Waals surface area contributed by atoms with Crippen LogP contribution < -0.4 is 5.32 Å². The highest BCUT2D eigenvalue weighted by atomic mass is 16.4. The van der Waals surface area contributed by atoms with Crippen molar-refractivity contribution in [2.75, 3.05) is 6.61 Å². The first-order valence-corrected chi connectivity index (χ1v) is 6.13. The molecule has 5 nitrogen and oxygen atoms in total. The Morgan fingerprint density at radius 1 is 1.35 bits per heavy atom. The van der Waals surface area contributed by atoms with Gasteiger partial charge in [0.05, 0.1) is 18.4 Å². The van der Waals surface area contributed by atoms with Crippen molar-refractivity contribution in [2.45, 2.75) is 39.2 Å². The van der Waals surface area contributed by atoms with Crippen molar-refractivity contribution in [2.24, 2.45) is 17.8 Å². The number of carbonyl (C=O) groups is 2. The van der Waals surface area contributed by atoms with Gasteiger partial charge in [-0.05, 0) is 25.7 Å². The van der Waals surface area contributed by atoms with Gasteiger partial charge in [0.15, 0.2) is 0 Å². The van der Waals surface area contributed by atoms with Crippen LogP contribution in [0.4, 0.5) is 0 Å². The average molecular weight is 243 g/mol. The maximum Gasteiger partial charge on any atom is 0.307 e. The topological polar surface area (TPSA) is 86.6 Å². The molecule has 0 aromatic carbocycles. The van der Waals surface area contributed by atoms with Crippen LogP contribution in [0.5, 0.6) is 0 Å². The molecule has 3 N–H and O–H groups in total. The lowest BCUT2D eigenvalue weighted by molar-refractivity contribution is -0.146. The predicted octanol–water partition coefficient (Wildman–Crippen LogP) is 0.620. The molecule has 0 aromatic rings. The summed E-state index contributed by atoms with van der Waals surface area (Å²) in [5, 5.41) is 20.6. The van der Waals surface area contributed by atoms with E-state index in [-0.39, 0.29) is 18.6 Å². The van der Waals surface area contributed by atoms with Gasteiger partial charge in [-0.2, -0.15) is 0 Å². The van der Waals surface area contributed by atoms with Crippen molar-refractivity contribution in [3.05, 3.63) is 0 Å². The van der Waals surface area contributed by atoms with Crippen molar-refractivity contribution in [3.63, 3.8) is 0 Å². The van der Waals surface area contributed by atoms with Crippen LogP contribution in [0.2, 0.25) is 0 Å². The lowest BCUT2D eigenvalue weighted by atomic mass is 9.95. The third-order valence-corrected chi connectivity index (χ3v) is 3.55. The van der Waals surface area contributed by atoms with E-state index in [2.05, 4.69) is 5.32 Å². The molecule has 17 heavy (non-hydrogen) atoms. The Hall–Kier alpha value is -1.10. The van der Waals surface area contributed by atoms with Crippen molar-refractivity contribution in [1.29, 1.82) is 0 Å². The van der Waals surface area contributed by atoms with E-state index in [1.54, 1.807) is 6.92 Å². The van der Waals surface area contributed by atoms with Crippen molar-refractivity contribution in [3.8, 4) is 0 Å². The SMILES string of the molecule is CCC1CC(C(=O)O)C(C(=O)N[C@H](C)CO)C1. The van der Waals surface area contributed by atoms with E-state index >= 15 is 0 Å². The maximum atomic E-state index is 11.9. The zero-order valence-corrected chi connectivity index (χ0v) is 10.3. The lowest BCUT2D eigenvalue weighted by Gasteiger charge is -2.18. The van der Waals surface area contributed by atoms with E-state index in [4.69, 9.17) is 10.2 Å². The number of hydrogen-bond donors (Lipinski definition) is 3. The molecule has 0 aliphatic heterocycles. The first-order chi connectivity index (χ1) is 7.99. The Morgan fingerprint density at radius 3 is 2.41 bits per heavy atom. The highest BCUT2D eigenvalue weighted by molar-refractivity contribution is 5.85. The molecular formula is C12H21NO4. The number of aliphatic hydroxyl groups excluding tert-OH is 1. The van der Waals surface area contributed by atoms with Gasteiger partial charge in [-0.25, -0.2) is 0 Å². The molecule has 1 amide bonds. The van der Waals surface area contributed by atoms with Gasteiger partial charge >= 0.3 is 5.97 Å². The number of nitrogens with one attached hydrogen (secondary N) is 1. The van der Waals surface area contributed by atoms with Crippen LogP contribution in [0.3, 0.4) is 0 Å². The standard InChI is InChI=1S/C12H21NO4/c1-3-8-4-9(10(5-8)12(16)17)11(15)13-7(2)6-14/h7-10,14H,3-6H2,1-2H3,(H,13,15)(H,16,17)/t7-,8?,9?,10?/m1/s1. The smallest absolute Gasteiger partial charge is 0.307 e. The Kier molecular flexibility index (Phi) is 4.93. The molecule has 0 radical (unpaired) electrons. The van der Waals surface area contributed by atoms with Crippen LogP contribution in [0.1, 0.15) is 33.1 Å². The van der Waals surface area contributed by atoms with Gasteiger partial charge in [-0.15, -0.1) is 0 Å². The second-order valence-electron chi connectivity index (χ2n) is 4.89. The summed E-state index contributed by atoms with van der Waals surface area (Å²) in [6, 6.07) is -0.322. The number of aliphatic hydroxyl groups is 1. The number of carboxylic acid groups (broad SMARTS) is 1. The Labute approximate surface area is 101 Å². The molecule has 0 saturated heterocycles. The first-order valence-electron chi connectivity index (χ1n) is 6.13. The molecule has 1 rings (SSSR count). The second-order valence-corrected chi connectivity index (χ2v) is 4.89. The molecule has 98 valence electrons. The number of carboxylic acids is 1. The molecule has 1 fully saturated rings. The number of aliphatic carboxylic acids is 1. The highest BCUT2D eigenvalue weighted by Crippen LogP contribution is 2.38. The molecule has 5 heteroatoms. The lowest BCUT2D eigenvalue weighted by Crippen LogP contribution is -2.41. The van der Waals surface area contributed by atoms with Crippen molar-refractivity contribution >= 4 is 11.9 Å². The van der Waals surface area contributed by atoms with Gasteiger partial charge in [0.1, 0.15) is 0 Å². The average Bonchev–Trinajstić information content (AvgIpc) is 2.72. The molecule has 1 aliphatic carbocycles. The highest BCUT2D eigenvalue weighted by Gasteiger charge is 2.42. The molecule has 0 aromatic heterocycles. The number of hydrogen-bond acceptors (Lipinski definition) is 3. The quantitative estimate of drug-likeness (QED) is 0.660. The summed E-state index contributed by atoms with van der Waals surface area (Å²) in [5.41, 5.74) is 0. The van der Waals surface area contributed by atoms with Gasteiger partial charge in [0, 0.05) is 6.04 Å². The van der Waals surface area contributed by atoms with Crippen LogP contribution in [0, 0.1) is 17.8 Å². The summed E-state index contributed by atoms with van der Waals surface area (Å²) >= 11 is 0. The Bertz CT molecular complexity index is 292. The summed E-state index contributed by atoms with van der Waals surface area (Å²) in [6.45, 7) is 3.58. The molecule has 0 spiro atoms. The molecule has 1 saturated carbocycles. The fraction of sp³-hybridized carbons (Fsp3) is 0.833. The molecule has 1 aliphatic rings. The van der Waals surface area contributed by atoms with Gasteiger partial charge in [0.2, 0.25) is 5.91 Å². The zero-order valence-electron chi connectivity index (χ0n) is 10.3. The molecular weight excluding hydrogens is 222 g/mol. The van der Waals surface area contributed by atoms with Gasteiger partial charge in [0.25, 0.3) is 0 Å². The Balaban J connectivity index is 2.66. The monoisotopic (exact) mass is 243 g/mol. The van der Waals surface area contributed by atoms with E-state index in [0.29, 0.717) is 18.8 Å². The third kappa shape index (κ3) is 3.43. The Morgan fingerprint density at radius 2 is 1.94 bits per heavy atom. The van der Waals surface area contributed by atoms with E-state index in [1.807, 2.05) is 6.92 Å². The van der Waals surface area contributed by atoms with Crippen LogP contribution in [-0.2, 0) is 9.59 Å². The zero-order chi connectivity index (χ0) is 13.0. The first kappa shape index (κ1) is 14.0. The molecule has 0 bridgehead atoms. The summed E-state index contributed by atoms with van der Waals surface area (Å²) in [7, 11) is 0. The molecule has 4 atom stereocenters. The van der Waals surface area contributed by atoms with E-state index in [9.17, 15) is 9.59 Å². The largest absolute Gasteiger partial charge is 0.481 e. The third-order valence-electron chi connectivity index (χ3n) is 3.55. The number of carbonyl (C=O) groups excluding carboxylic acids is 1. The fourth-order valence-corrected chi connectivity index (χ4v) is 2.43. The molecule has 3 unspecified atom stereocenters. The fourth-order valence-electron chi connectivity index (χ4n) is 2.43. The van der Waals surface area contributed by atoms with E-state index in [1.165, 1.54) is 0 Å². The summed E-state index contributed by atoms with van der Waals surface area (Å²) in [4.78, 5) is 23.0. The van der Waals surface area contributed by atoms with Gasteiger partial charge < -0.3 is 15.5 Å². The normalized spacial score (nSPS) is 29.9. The second kappa shape index (κ2) is 6.00. The minimum absolute atomic E-state index is 0.132. The number of amides is 1. The van der Waals surface area contributed by atoms with Crippen LogP contribution in [0.25, 0.3) is 0 Å². The summed E-state index contributed by atoms with van der Waals surface area (Å²) in [5.74, 6) is -1.85. The van der Waals surface area contributed by atoms with Crippen LogP contribution >= 0.6 is 0 Å². The number of rotatable bonds is 5. The minimum Gasteiger partial charge on any atom is -0.481 e. The predicted molar refractivity (Wildman–Crippen MR) is 62.3 cm³/mol. The van der Waals surface area contributed by atoms with E-state index in [0.717, 1.165) is 6.42 Å². The van der Waals surface area contributed by atoms with Crippen LogP contribution in [0.15, 0.2) is 0 Å². The van der Waals surface area contributed by atoms with Crippen molar-refractivity contribution in [1.82, 2.24) is 5.32 Å². The van der Waals surface area contributed by atoms with Crippen LogP contribution in [-0.4, -0.2) is 34.7 Å². The maximum absolute atomic E-state index is 11.9. The summed E-state index contributed by atoms with van der Waals surface area (Å²) in [6.07, 6.45) is 2.12. The van der Waals surface area contributed by atoms with Crippen molar-refractivity contribution < 1.29 is 19.8 Å².